The normalized spacial score (nSPS) is 12.3. The number of benzene rings is 1. The number of rotatable bonds is 6. The van der Waals surface area contributed by atoms with Crippen molar-refractivity contribution in [2.75, 3.05) is 0 Å². The van der Waals surface area contributed by atoms with Crippen LogP contribution in [0.5, 0.6) is 0 Å². The Kier molecular flexibility index (Phi) is 5.31. The van der Waals surface area contributed by atoms with Gasteiger partial charge in [0.1, 0.15) is 16.8 Å². The molecule has 0 saturated carbocycles. The van der Waals surface area contributed by atoms with E-state index in [4.69, 9.17) is 9.52 Å². The van der Waals surface area contributed by atoms with Crippen molar-refractivity contribution < 1.29 is 14.3 Å². The summed E-state index contributed by atoms with van der Waals surface area (Å²) < 4.78 is 6.78. The Bertz CT molecular complexity index is 577. The molecule has 1 heterocycles. The highest BCUT2D eigenvalue weighted by atomic mass is 79.9. The summed E-state index contributed by atoms with van der Waals surface area (Å²) in [6.45, 7) is 1.88. The van der Waals surface area contributed by atoms with Crippen LogP contribution in [0.25, 0.3) is 11.3 Å². The van der Waals surface area contributed by atoms with Crippen LogP contribution >= 0.6 is 27.7 Å². The second kappa shape index (κ2) is 6.99. The number of aliphatic carboxylic acids is 1. The first-order valence-electron chi connectivity index (χ1n) is 6.29. The minimum atomic E-state index is -0.766. The van der Waals surface area contributed by atoms with Gasteiger partial charge in [-0.05, 0) is 30.7 Å². The zero-order valence-electron chi connectivity index (χ0n) is 11.0. The fourth-order valence-corrected chi connectivity index (χ4v) is 2.93. The summed E-state index contributed by atoms with van der Waals surface area (Å²) in [5.41, 5.74) is 1.01. The van der Waals surface area contributed by atoms with Gasteiger partial charge in [-0.2, -0.15) is 0 Å². The van der Waals surface area contributed by atoms with Crippen LogP contribution in [0.15, 0.2) is 45.3 Å². The van der Waals surface area contributed by atoms with Crippen LogP contribution in [-0.4, -0.2) is 16.3 Å². The number of carboxylic acids is 1. The Hall–Kier alpha value is -1.20. The summed E-state index contributed by atoms with van der Waals surface area (Å²) >= 11 is 4.79. The average Bonchev–Trinajstić information content (AvgIpc) is 2.89. The highest BCUT2D eigenvalue weighted by Crippen LogP contribution is 2.27. The molecule has 1 N–H and O–H groups in total. The van der Waals surface area contributed by atoms with E-state index in [9.17, 15) is 4.79 Å². The van der Waals surface area contributed by atoms with Gasteiger partial charge in [0.2, 0.25) is 0 Å². The predicted octanol–water partition coefficient (Wildman–Crippen LogP) is 4.81. The van der Waals surface area contributed by atoms with E-state index in [1.165, 1.54) is 11.8 Å². The first-order valence-corrected chi connectivity index (χ1v) is 8.13. The summed E-state index contributed by atoms with van der Waals surface area (Å²) in [4.78, 5) is 11.0. The van der Waals surface area contributed by atoms with Crippen LogP contribution < -0.4 is 0 Å². The molecule has 1 atom stereocenters. The van der Waals surface area contributed by atoms with Crippen molar-refractivity contribution in [2.45, 2.75) is 24.3 Å². The van der Waals surface area contributed by atoms with Crippen molar-refractivity contribution in [3.8, 4) is 11.3 Å². The maximum atomic E-state index is 11.0. The van der Waals surface area contributed by atoms with Crippen molar-refractivity contribution in [1.29, 1.82) is 0 Å². The number of furan rings is 1. The molecule has 3 nitrogen and oxygen atoms in total. The molecule has 0 amide bonds. The van der Waals surface area contributed by atoms with E-state index < -0.39 is 5.97 Å². The highest BCUT2D eigenvalue weighted by molar-refractivity contribution is 9.10. The zero-order valence-corrected chi connectivity index (χ0v) is 13.4. The lowest BCUT2D eigenvalue weighted by atomic mass is 10.2. The largest absolute Gasteiger partial charge is 0.480 e. The van der Waals surface area contributed by atoms with Crippen LogP contribution in [0.4, 0.5) is 0 Å². The summed E-state index contributed by atoms with van der Waals surface area (Å²) in [6, 6.07) is 11.7. The van der Waals surface area contributed by atoms with E-state index in [1.807, 2.05) is 43.3 Å². The van der Waals surface area contributed by atoms with Gasteiger partial charge >= 0.3 is 5.97 Å². The Morgan fingerprint density at radius 3 is 2.60 bits per heavy atom. The van der Waals surface area contributed by atoms with E-state index in [-0.39, 0.29) is 5.25 Å². The molecule has 0 saturated heterocycles. The topological polar surface area (TPSA) is 50.4 Å². The number of thioether (sulfide) groups is 1. The van der Waals surface area contributed by atoms with Crippen molar-refractivity contribution >= 4 is 33.7 Å². The Morgan fingerprint density at radius 2 is 2.00 bits per heavy atom. The number of carbonyl (C=O) groups is 1. The quantitative estimate of drug-likeness (QED) is 0.808. The molecule has 1 aromatic heterocycles. The third-order valence-corrected chi connectivity index (χ3v) is 4.78. The number of hydrogen-bond acceptors (Lipinski definition) is 3. The van der Waals surface area contributed by atoms with E-state index in [0.29, 0.717) is 12.2 Å². The SMILES string of the molecule is CCC(SCc1ccc(-c2ccc(Br)cc2)o1)C(=O)O. The smallest absolute Gasteiger partial charge is 0.316 e. The second-order valence-electron chi connectivity index (χ2n) is 4.32. The van der Waals surface area contributed by atoms with Gasteiger partial charge in [-0.3, -0.25) is 4.79 Å². The molecule has 0 bridgehead atoms. The van der Waals surface area contributed by atoms with Gasteiger partial charge in [0.15, 0.2) is 0 Å². The maximum Gasteiger partial charge on any atom is 0.316 e. The van der Waals surface area contributed by atoms with E-state index in [2.05, 4.69) is 15.9 Å². The highest BCUT2D eigenvalue weighted by Gasteiger charge is 2.16. The van der Waals surface area contributed by atoms with E-state index >= 15 is 0 Å². The summed E-state index contributed by atoms with van der Waals surface area (Å²) in [5, 5.41) is 8.63. The summed E-state index contributed by atoms with van der Waals surface area (Å²) in [5.74, 6) is 1.41. The first kappa shape index (κ1) is 15.2. The van der Waals surface area contributed by atoms with Gasteiger partial charge < -0.3 is 9.52 Å². The lowest BCUT2D eigenvalue weighted by molar-refractivity contribution is -0.136. The summed E-state index contributed by atoms with van der Waals surface area (Å²) in [7, 11) is 0. The van der Waals surface area contributed by atoms with Gasteiger partial charge in [-0.1, -0.05) is 35.0 Å². The lowest BCUT2D eigenvalue weighted by Gasteiger charge is -2.07. The average molecular weight is 355 g/mol. The molecule has 0 aliphatic heterocycles. The molecule has 0 fully saturated rings. The van der Waals surface area contributed by atoms with Crippen LogP contribution in [0.3, 0.4) is 0 Å². The fraction of sp³-hybridized carbons (Fsp3) is 0.267. The van der Waals surface area contributed by atoms with Crippen molar-refractivity contribution in [3.63, 3.8) is 0 Å². The van der Waals surface area contributed by atoms with Crippen molar-refractivity contribution in [1.82, 2.24) is 0 Å². The molecular formula is C15H15BrO3S. The van der Waals surface area contributed by atoms with Crippen molar-refractivity contribution in [2.24, 2.45) is 0 Å². The van der Waals surface area contributed by atoms with Crippen molar-refractivity contribution in [3.05, 3.63) is 46.6 Å². The molecule has 2 rings (SSSR count). The molecule has 0 aliphatic rings. The standard InChI is InChI=1S/C15H15BrO3S/c1-2-14(15(17)18)20-9-12-7-8-13(19-12)10-3-5-11(16)6-4-10/h3-8,14H,2,9H2,1H3,(H,17,18). The minimum Gasteiger partial charge on any atom is -0.480 e. The monoisotopic (exact) mass is 354 g/mol. The number of hydrogen-bond donors (Lipinski definition) is 1. The van der Waals surface area contributed by atoms with Gasteiger partial charge in [0.25, 0.3) is 0 Å². The number of halogens is 1. The summed E-state index contributed by atoms with van der Waals surface area (Å²) in [6.07, 6.45) is 0.611. The lowest BCUT2D eigenvalue weighted by Crippen LogP contribution is -2.14. The molecule has 2 aromatic rings. The molecule has 0 aliphatic carbocycles. The minimum absolute atomic E-state index is 0.378. The molecule has 20 heavy (non-hydrogen) atoms. The van der Waals surface area contributed by atoms with Crippen LogP contribution in [-0.2, 0) is 10.5 Å². The van der Waals surface area contributed by atoms with E-state index in [1.54, 1.807) is 0 Å². The Labute approximate surface area is 130 Å². The Morgan fingerprint density at radius 1 is 1.30 bits per heavy atom. The van der Waals surface area contributed by atoms with Gasteiger partial charge in [0.05, 0.1) is 5.75 Å². The fourth-order valence-electron chi connectivity index (χ4n) is 1.77. The predicted molar refractivity (Wildman–Crippen MR) is 84.9 cm³/mol. The molecule has 0 spiro atoms. The molecule has 106 valence electrons. The van der Waals surface area contributed by atoms with Gasteiger partial charge in [-0.15, -0.1) is 11.8 Å². The maximum absolute atomic E-state index is 11.0. The molecule has 1 aromatic carbocycles. The van der Waals surface area contributed by atoms with Crippen LogP contribution in [0.1, 0.15) is 19.1 Å². The third-order valence-electron chi connectivity index (χ3n) is 2.86. The number of carboxylic acid groups (broad SMARTS) is 1. The third kappa shape index (κ3) is 3.90. The molecule has 1 unspecified atom stereocenters. The molecule has 5 heteroatoms. The van der Waals surface area contributed by atoms with Crippen LogP contribution in [0, 0.1) is 0 Å². The second-order valence-corrected chi connectivity index (χ2v) is 6.43. The molecular weight excluding hydrogens is 340 g/mol. The Balaban J connectivity index is 2.02. The zero-order chi connectivity index (χ0) is 14.5. The molecule has 0 radical (unpaired) electrons. The first-order chi connectivity index (χ1) is 9.60. The van der Waals surface area contributed by atoms with Gasteiger partial charge in [-0.25, -0.2) is 0 Å². The van der Waals surface area contributed by atoms with Crippen LogP contribution in [0.2, 0.25) is 0 Å². The van der Waals surface area contributed by atoms with E-state index in [0.717, 1.165) is 21.6 Å². The van der Waals surface area contributed by atoms with Gasteiger partial charge in [0, 0.05) is 10.0 Å².